The number of thiocarbonyl (C=S) groups is 1. The number of benzene rings is 2. The molecule has 0 unspecified atom stereocenters. The van der Waals surface area contributed by atoms with Crippen molar-refractivity contribution in [2.45, 2.75) is 12.1 Å². The number of nitrogens with one attached hydrogen (secondary N) is 1. The van der Waals surface area contributed by atoms with Crippen molar-refractivity contribution in [3.63, 3.8) is 0 Å². The number of phenolic OH excluding ortho intramolecular Hbond substituents is 1. The van der Waals surface area contributed by atoms with E-state index >= 15 is 0 Å². The molecule has 6 rings (SSSR count). The third-order valence-corrected chi connectivity index (χ3v) is 7.13. The molecule has 36 heavy (non-hydrogen) atoms. The number of hydrogen-bond acceptors (Lipinski definition) is 5. The van der Waals surface area contributed by atoms with Crippen molar-refractivity contribution in [2.75, 3.05) is 36.1 Å². The summed E-state index contributed by atoms with van der Waals surface area (Å²) in [5, 5.41) is 14.0. The maximum absolute atomic E-state index is 9.80. The Balaban J connectivity index is 1.41. The van der Waals surface area contributed by atoms with Crippen molar-refractivity contribution in [3.8, 4) is 11.4 Å². The summed E-state index contributed by atoms with van der Waals surface area (Å²) in [5.74, 6) is 0.240. The summed E-state index contributed by atoms with van der Waals surface area (Å²) in [7, 11) is 0. The highest BCUT2D eigenvalue weighted by Gasteiger charge is 2.42. The molecule has 8 heteroatoms. The van der Waals surface area contributed by atoms with Gasteiger partial charge in [0, 0.05) is 48.2 Å². The molecule has 2 aromatic heterocycles. The highest BCUT2D eigenvalue weighted by Crippen LogP contribution is 2.42. The second-order valence-electron chi connectivity index (χ2n) is 8.93. The average molecular weight is 498 g/mol. The van der Waals surface area contributed by atoms with Gasteiger partial charge < -0.3 is 29.5 Å². The summed E-state index contributed by atoms with van der Waals surface area (Å²) in [5.41, 5.74) is 5.17. The molecule has 2 fully saturated rings. The van der Waals surface area contributed by atoms with E-state index < -0.39 is 0 Å². The van der Waals surface area contributed by atoms with Crippen LogP contribution in [0.4, 0.5) is 11.4 Å². The zero-order chi connectivity index (χ0) is 24.5. The standard InChI is InChI=1S/C28H27N5O2S/c34-23-12-10-21(11-13-23)32-15-3-5-25(32)27-26(24-4-1-2-14-29-24)30-28(36)33(27)22-8-6-20(7-9-22)31-16-18-35-19-17-31/h1-15,26-27,34H,16-19H2,(H,30,36)/t26-,27-/m0/s1. The Morgan fingerprint density at radius 2 is 1.58 bits per heavy atom. The SMILES string of the molecule is Oc1ccc(-n2cccc2[C@H]2[C@H](c3ccccn3)NC(=S)N2c2ccc(N3CCOCC3)cc2)cc1. The quantitative estimate of drug-likeness (QED) is 0.391. The highest BCUT2D eigenvalue weighted by atomic mass is 32.1. The summed E-state index contributed by atoms with van der Waals surface area (Å²) in [6, 6.07) is 25.7. The predicted octanol–water partition coefficient (Wildman–Crippen LogP) is 4.59. The fourth-order valence-corrected chi connectivity index (χ4v) is 5.41. The molecule has 2 N–H and O–H groups in total. The molecule has 0 aliphatic carbocycles. The second-order valence-corrected chi connectivity index (χ2v) is 9.32. The Morgan fingerprint density at radius 3 is 2.31 bits per heavy atom. The molecule has 0 spiro atoms. The average Bonchev–Trinajstić information content (AvgIpc) is 3.54. The van der Waals surface area contributed by atoms with E-state index in [2.05, 4.69) is 55.0 Å². The second kappa shape index (κ2) is 9.64. The maximum atomic E-state index is 9.80. The molecule has 2 saturated heterocycles. The lowest BCUT2D eigenvalue weighted by molar-refractivity contribution is 0.122. The molecule has 0 amide bonds. The monoisotopic (exact) mass is 497 g/mol. The van der Waals surface area contributed by atoms with Gasteiger partial charge in [-0.3, -0.25) is 4.98 Å². The molecule has 2 atom stereocenters. The minimum atomic E-state index is -0.136. The fraction of sp³-hybridized carbons (Fsp3) is 0.214. The van der Waals surface area contributed by atoms with Gasteiger partial charge in [-0.1, -0.05) is 6.07 Å². The number of phenols is 1. The topological polar surface area (TPSA) is 65.8 Å². The van der Waals surface area contributed by atoms with Gasteiger partial charge in [0.05, 0.1) is 24.9 Å². The van der Waals surface area contributed by atoms with Crippen LogP contribution in [0, 0.1) is 0 Å². The Hall–Kier alpha value is -3.88. The zero-order valence-corrected chi connectivity index (χ0v) is 20.5. The summed E-state index contributed by atoms with van der Waals surface area (Å²) < 4.78 is 7.65. The van der Waals surface area contributed by atoms with Crippen molar-refractivity contribution >= 4 is 28.7 Å². The first-order chi connectivity index (χ1) is 17.7. The molecule has 2 aliphatic heterocycles. The molecule has 4 aromatic rings. The van der Waals surface area contributed by atoms with Crippen molar-refractivity contribution in [1.82, 2.24) is 14.9 Å². The smallest absolute Gasteiger partial charge is 0.174 e. The minimum absolute atomic E-state index is 0.134. The minimum Gasteiger partial charge on any atom is -0.508 e. The maximum Gasteiger partial charge on any atom is 0.174 e. The number of nitrogens with zero attached hydrogens (tertiary/aromatic N) is 4. The van der Waals surface area contributed by atoms with Crippen molar-refractivity contribution < 1.29 is 9.84 Å². The van der Waals surface area contributed by atoms with Crippen LogP contribution in [0.1, 0.15) is 23.5 Å². The first-order valence-corrected chi connectivity index (χ1v) is 12.5. The third kappa shape index (κ3) is 4.19. The Labute approximate surface area is 215 Å². The Morgan fingerprint density at radius 1 is 0.861 bits per heavy atom. The molecule has 7 nitrogen and oxygen atoms in total. The lowest BCUT2D eigenvalue weighted by Crippen LogP contribution is -2.36. The van der Waals surface area contributed by atoms with Gasteiger partial charge in [-0.15, -0.1) is 0 Å². The number of aromatic nitrogens is 2. The van der Waals surface area contributed by atoms with Crippen LogP contribution in [0.5, 0.6) is 5.75 Å². The van der Waals surface area contributed by atoms with Gasteiger partial charge >= 0.3 is 0 Å². The van der Waals surface area contributed by atoms with Crippen LogP contribution in [0.15, 0.2) is 91.3 Å². The van der Waals surface area contributed by atoms with Crippen LogP contribution >= 0.6 is 12.2 Å². The van der Waals surface area contributed by atoms with Gasteiger partial charge in [0.1, 0.15) is 11.8 Å². The largest absolute Gasteiger partial charge is 0.508 e. The summed E-state index contributed by atoms with van der Waals surface area (Å²) in [4.78, 5) is 9.19. The molecule has 182 valence electrons. The van der Waals surface area contributed by atoms with Crippen LogP contribution < -0.4 is 15.1 Å². The van der Waals surface area contributed by atoms with Gasteiger partial charge in [0.15, 0.2) is 5.11 Å². The number of rotatable bonds is 5. The number of aromatic hydroxyl groups is 1. The Kier molecular flexibility index (Phi) is 6.04. The van der Waals surface area contributed by atoms with E-state index in [4.69, 9.17) is 17.0 Å². The van der Waals surface area contributed by atoms with Gasteiger partial charge in [0.25, 0.3) is 0 Å². The lowest BCUT2D eigenvalue weighted by Gasteiger charge is -2.31. The molecule has 2 aromatic carbocycles. The fourth-order valence-electron chi connectivity index (χ4n) is 5.06. The molecule has 2 aliphatic rings. The third-order valence-electron chi connectivity index (χ3n) is 6.81. The van der Waals surface area contributed by atoms with Crippen LogP contribution in [-0.2, 0) is 4.74 Å². The number of ether oxygens (including phenoxy) is 1. The summed E-state index contributed by atoms with van der Waals surface area (Å²) >= 11 is 5.90. The van der Waals surface area contributed by atoms with Crippen molar-refractivity contribution in [3.05, 3.63) is 103 Å². The van der Waals surface area contributed by atoms with E-state index in [-0.39, 0.29) is 17.8 Å². The van der Waals surface area contributed by atoms with Gasteiger partial charge in [0.2, 0.25) is 0 Å². The van der Waals surface area contributed by atoms with Gasteiger partial charge in [-0.25, -0.2) is 0 Å². The molecule has 4 heterocycles. The van der Waals surface area contributed by atoms with Gasteiger partial charge in [-0.05, 0) is 85.0 Å². The number of hydrogen-bond donors (Lipinski definition) is 2. The van der Waals surface area contributed by atoms with Crippen LogP contribution in [-0.4, -0.2) is 46.1 Å². The number of anilines is 2. The summed E-state index contributed by atoms with van der Waals surface area (Å²) in [6.07, 6.45) is 3.86. The molecular formula is C28H27N5O2S. The first-order valence-electron chi connectivity index (χ1n) is 12.1. The highest BCUT2D eigenvalue weighted by molar-refractivity contribution is 7.80. The van der Waals surface area contributed by atoms with Gasteiger partial charge in [-0.2, -0.15) is 0 Å². The van der Waals surface area contributed by atoms with Crippen LogP contribution in [0.2, 0.25) is 0 Å². The van der Waals surface area contributed by atoms with Crippen molar-refractivity contribution in [1.29, 1.82) is 0 Å². The number of pyridine rings is 1. The zero-order valence-electron chi connectivity index (χ0n) is 19.7. The molecular weight excluding hydrogens is 470 g/mol. The summed E-state index contributed by atoms with van der Waals surface area (Å²) in [6.45, 7) is 3.30. The van der Waals surface area contributed by atoms with Crippen LogP contribution in [0.25, 0.3) is 5.69 Å². The molecule has 0 saturated carbocycles. The van der Waals surface area contributed by atoms with E-state index in [0.29, 0.717) is 5.11 Å². The predicted molar refractivity (Wildman–Crippen MR) is 145 cm³/mol. The van der Waals surface area contributed by atoms with E-state index in [1.807, 2.05) is 48.8 Å². The van der Waals surface area contributed by atoms with Crippen molar-refractivity contribution in [2.24, 2.45) is 0 Å². The normalized spacial score (nSPS) is 19.9. The van der Waals surface area contributed by atoms with E-state index in [0.717, 1.165) is 49.1 Å². The Bertz CT molecular complexity index is 1330. The number of morpholine rings is 1. The molecule has 0 bridgehead atoms. The van der Waals surface area contributed by atoms with Crippen LogP contribution in [0.3, 0.4) is 0 Å². The lowest BCUT2D eigenvalue weighted by atomic mass is 10.0. The first kappa shape index (κ1) is 22.6. The van der Waals surface area contributed by atoms with E-state index in [1.54, 1.807) is 12.1 Å². The van der Waals surface area contributed by atoms with E-state index in [1.165, 1.54) is 5.69 Å². The molecule has 0 radical (unpaired) electrons. The van der Waals surface area contributed by atoms with E-state index in [9.17, 15) is 5.11 Å².